The lowest BCUT2D eigenvalue weighted by Gasteiger charge is -2.06. The molecule has 0 aliphatic heterocycles. The van der Waals surface area contributed by atoms with E-state index in [-0.39, 0.29) is 0 Å². The topological polar surface area (TPSA) is 56.7 Å². The fourth-order valence-electron chi connectivity index (χ4n) is 2.36. The average Bonchev–Trinajstić information content (AvgIpc) is 3.11. The van der Waals surface area contributed by atoms with Gasteiger partial charge in [0.1, 0.15) is 11.3 Å². The molecule has 0 spiro atoms. The summed E-state index contributed by atoms with van der Waals surface area (Å²) < 4.78 is 7.69. The number of aryl methyl sites for hydroxylation is 1. The molecule has 4 rings (SSSR count). The Morgan fingerprint density at radius 1 is 1.05 bits per heavy atom. The minimum absolute atomic E-state index is 0.717. The van der Waals surface area contributed by atoms with Crippen LogP contribution in [0.2, 0.25) is 0 Å². The Kier molecular flexibility index (Phi) is 2.57. The molecule has 0 radical (unpaired) electrons. The molecule has 21 heavy (non-hydrogen) atoms. The molecule has 0 fully saturated rings. The molecule has 0 aromatic carbocycles. The first-order chi connectivity index (χ1) is 10.3. The van der Waals surface area contributed by atoms with Gasteiger partial charge >= 0.3 is 0 Å². The first kappa shape index (κ1) is 11.8. The number of imidazole rings is 1. The predicted octanol–water partition coefficient (Wildman–Crippen LogP) is 3.38. The van der Waals surface area contributed by atoms with Crippen LogP contribution in [0.5, 0.6) is 0 Å². The normalized spacial score (nSPS) is 11.1. The van der Waals surface area contributed by atoms with Crippen LogP contribution in [0.4, 0.5) is 0 Å². The molecule has 0 bridgehead atoms. The van der Waals surface area contributed by atoms with E-state index in [4.69, 9.17) is 4.42 Å². The number of hydrogen-bond acceptors (Lipinski definition) is 4. The zero-order valence-corrected chi connectivity index (χ0v) is 11.4. The second-order valence-corrected chi connectivity index (χ2v) is 4.74. The van der Waals surface area contributed by atoms with E-state index in [1.807, 2.05) is 47.9 Å². The van der Waals surface area contributed by atoms with Crippen molar-refractivity contribution in [3.63, 3.8) is 0 Å². The van der Waals surface area contributed by atoms with Crippen molar-refractivity contribution in [3.05, 3.63) is 60.7 Å². The molecule has 0 aliphatic carbocycles. The van der Waals surface area contributed by atoms with Gasteiger partial charge in [0, 0.05) is 12.4 Å². The van der Waals surface area contributed by atoms with Crippen molar-refractivity contribution in [2.24, 2.45) is 0 Å². The smallest absolute Gasteiger partial charge is 0.183 e. The van der Waals surface area contributed by atoms with E-state index in [1.54, 1.807) is 18.6 Å². The van der Waals surface area contributed by atoms with Crippen LogP contribution in [0.3, 0.4) is 0 Å². The fourth-order valence-corrected chi connectivity index (χ4v) is 2.36. The van der Waals surface area contributed by atoms with E-state index in [9.17, 15) is 0 Å². The van der Waals surface area contributed by atoms with Gasteiger partial charge in [0.2, 0.25) is 0 Å². The van der Waals surface area contributed by atoms with Gasteiger partial charge < -0.3 is 4.42 Å². The average molecular weight is 276 g/mol. The van der Waals surface area contributed by atoms with Crippen molar-refractivity contribution in [2.45, 2.75) is 6.92 Å². The molecule has 0 N–H and O–H groups in total. The van der Waals surface area contributed by atoms with Gasteiger partial charge in [0.05, 0.1) is 11.9 Å². The van der Waals surface area contributed by atoms with E-state index in [2.05, 4.69) is 15.0 Å². The molecule has 4 aromatic rings. The molecule has 0 saturated heterocycles. The van der Waals surface area contributed by atoms with E-state index >= 15 is 0 Å². The molecule has 5 heteroatoms. The van der Waals surface area contributed by atoms with Crippen LogP contribution in [0.25, 0.3) is 28.4 Å². The second-order valence-electron chi connectivity index (χ2n) is 4.74. The first-order valence-electron chi connectivity index (χ1n) is 6.63. The highest BCUT2D eigenvalue weighted by Gasteiger charge is 2.17. The third-order valence-corrected chi connectivity index (χ3v) is 3.28. The van der Waals surface area contributed by atoms with Crippen LogP contribution in [-0.2, 0) is 0 Å². The van der Waals surface area contributed by atoms with Gasteiger partial charge in [0.25, 0.3) is 0 Å². The van der Waals surface area contributed by atoms with Crippen molar-refractivity contribution in [3.8, 4) is 17.3 Å². The Morgan fingerprint density at radius 2 is 1.95 bits per heavy atom. The number of pyridine rings is 2. The van der Waals surface area contributed by atoms with Gasteiger partial charge in [-0.3, -0.25) is 9.55 Å². The van der Waals surface area contributed by atoms with Gasteiger partial charge in [-0.2, -0.15) is 0 Å². The molecule has 0 amide bonds. The largest absolute Gasteiger partial charge is 0.458 e. The lowest BCUT2D eigenvalue weighted by Crippen LogP contribution is -1.98. The number of furan rings is 1. The first-order valence-corrected chi connectivity index (χ1v) is 6.63. The number of hydrogen-bond donors (Lipinski definition) is 0. The maximum Gasteiger partial charge on any atom is 0.183 e. The summed E-state index contributed by atoms with van der Waals surface area (Å²) in [5, 5.41) is 0. The Balaban J connectivity index is 2.06. The fraction of sp³-hybridized carbons (Fsp3) is 0.0625. The molecule has 4 heterocycles. The second kappa shape index (κ2) is 4.56. The molecule has 4 aromatic heterocycles. The van der Waals surface area contributed by atoms with Crippen molar-refractivity contribution in [1.82, 2.24) is 19.5 Å². The van der Waals surface area contributed by atoms with E-state index in [1.165, 1.54) is 0 Å². The molecular formula is C16H12N4O. The van der Waals surface area contributed by atoms with Crippen LogP contribution in [-0.4, -0.2) is 19.5 Å². The monoisotopic (exact) mass is 276 g/mol. The molecule has 0 aliphatic rings. The van der Waals surface area contributed by atoms with Crippen molar-refractivity contribution in [1.29, 1.82) is 0 Å². The minimum Gasteiger partial charge on any atom is -0.458 e. The van der Waals surface area contributed by atoms with Crippen molar-refractivity contribution in [2.75, 3.05) is 0 Å². The summed E-state index contributed by atoms with van der Waals surface area (Å²) in [5.74, 6) is 2.29. The van der Waals surface area contributed by atoms with E-state index in [0.29, 0.717) is 5.76 Å². The number of nitrogens with zero attached hydrogens (tertiary/aromatic N) is 4. The van der Waals surface area contributed by atoms with Crippen LogP contribution >= 0.6 is 0 Å². The summed E-state index contributed by atoms with van der Waals surface area (Å²) >= 11 is 0. The molecule has 0 unspecified atom stereocenters. The van der Waals surface area contributed by atoms with Crippen LogP contribution in [0.15, 0.2) is 59.4 Å². The maximum atomic E-state index is 5.73. The lowest BCUT2D eigenvalue weighted by molar-refractivity contribution is 0.543. The highest BCUT2D eigenvalue weighted by Crippen LogP contribution is 2.28. The van der Waals surface area contributed by atoms with E-state index in [0.717, 1.165) is 28.4 Å². The number of rotatable bonds is 2. The highest BCUT2D eigenvalue weighted by molar-refractivity contribution is 5.78. The molecular weight excluding hydrogens is 264 g/mol. The van der Waals surface area contributed by atoms with Gasteiger partial charge in [0.15, 0.2) is 17.2 Å². The molecule has 0 saturated carbocycles. The standard InChI is InChI=1S/C16H12N4O/c1-11-6-7-14(21-11)16-19-13-5-3-9-18-15(13)20(16)12-4-2-8-17-10-12/h2-10H,1H3. The van der Waals surface area contributed by atoms with Crippen LogP contribution < -0.4 is 0 Å². The zero-order valence-electron chi connectivity index (χ0n) is 11.4. The summed E-state index contributed by atoms with van der Waals surface area (Å²) in [6, 6.07) is 11.5. The Labute approximate surface area is 120 Å². The molecule has 5 nitrogen and oxygen atoms in total. The summed E-state index contributed by atoms with van der Waals surface area (Å²) in [7, 11) is 0. The lowest BCUT2D eigenvalue weighted by atomic mass is 10.3. The van der Waals surface area contributed by atoms with Crippen molar-refractivity contribution < 1.29 is 4.42 Å². The van der Waals surface area contributed by atoms with Gasteiger partial charge in [-0.25, -0.2) is 9.97 Å². The summed E-state index contributed by atoms with van der Waals surface area (Å²) in [6.07, 6.45) is 5.29. The van der Waals surface area contributed by atoms with E-state index < -0.39 is 0 Å². The number of fused-ring (bicyclic) bond motifs is 1. The SMILES string of the molecule is Cc1ccc(-c2nc3cccnc3n2-c2cccnc2)o1. The molecule has 0 atom stereocenters. The van der Waals surface area contributed by atoms with Crippen molar-refractivity contribution >= 4 is 11.2 Å². The third-order valence-electron chi connectivity index (χ3n) is 3.28. The quantitative estimate of drug-likeness (QED) is 0.563. The third kappa shape index (κ3) is 1.90. The van der Waals surface area contributed by atoms with Gasteiger partial charge in [-0.15, -0.1) is 0 Å². The Hall–Kier alpha value is -2.95. The summed E-state index contributed by atoms with van der Waals surface area (Å²) in [4.78, 5) is 13.3. The molecule has 102 valence electrons. The van der Waals surface area contributed by atoms with Gasteiger partial charge in [-0.05, 0) is 43.3 Å². The minimum atomic E-state index is 0.717. The Bertz CT molecular complexity index is 908. The zero-order chi connectivity index (χ0) is 14.2. The van der Waals surface area contributed by atoms with Crippen LogP contribution in [0.1, 0.15) is 5.76 Å². The summed E-state index contributed by atoms with van der Waals surface area (Å²) in [5.41, 5.74) is 2.52. The highest BCUT2D eigenvalue weighted by atomic mass is 16.3. The maximum absolute atomic E-state index is 5.73. The van der Waals surface area contributed by atoms with Crippen LogP contribution in [0, 0.1) is 6.92 Å². The summed E-state index contributed by atoms with van der Waals surface area (Å²) in [6.45, 7) is 1.92. The Morgan fingerprint density at radius 3 is 2.71 bits per heavy atom. The number of aromatic nitrogens is 4. The van der Waals surface area contributed by atoms with Gasteiger partial charge in [-0.1, -0.05) is 0 Å². The predicted molar refractivity (Wildman–Crippen MR) is 79.1 cm³/mol.